The fraction of sp³-hybridized carbons (Fsp3) is 0.550. The van der Waals surface area contributed by atoms with Crippen LogP contribution in [0.2, 0.25) is 5.02 Å². The van der Waals surface area contributed by atoms with Crippen LogP contribution in [-0.4, -0.2) is 73.9 Å². The average molecular weight is 406 g/mol. The Morgan fingerprint density at radius 3 is 2.43 bits per heavy atom. The van der Waals surface area contributed by atoms with E-state index in [1.807, 2.05) is 29.2 Å². The number of piperazine rings is 1. The minimum Gasteiger partial charge on any atom is -0.354 e. The van der Waals surface area contributed by atoms with Crippen LogP contribution < -0.4 is 10.6 Å². The molecule has 3 rings (SSSR count). The van der Waals surface area contributed by atoms with E-state index in [4.69, 9.17) is 11.6 Å². The van der Waals surface area contributed by atoms with Crippen LogP contribution in [0.25, 0.3) is 0 Å². The van der Waals surface area contributed by atoms with Gasteiger partial charge in [0.1, 0.15) is 0 Å². The van der Waals surface area contributed by atoms with Gasteiger partial charge in [0, 0.05) is 57.3 Å². The summed E-state index contributed by atoms with van der Waals surface area (Å²) in [4.78, 5) is 32.5. The lowest BCUT2D eigenvalue weighted by Gasteiger charge is -2.36. The van der Waals surface area contributed by atoms with Gasteiger partial charge < -0.3 is 20.4 Å². The Morgan fingerprint density at radius 2 is 1.79 bits per heavy atom. The van der Waals surface area contributed by atoms with Crippen LogP contribution in [0.1, 0.15) is 18.4 Å². The number of carbonyl (C=O) groups is 2. The number of benzene rings is 1. The molecular weight excluding hydrogens is 378 g/mol. The topological polar surface area (TPSA) is 77.0 Å². The van der Waals surface area contributed by atoms with Gasteiger partial charge in [-0.3, -0.25) is 14.6 Å². The highest BCUT2D eigenvalue weighted by molar-refractivity contribution is 6.30. The number of carbonyl (C=O) groups excluding carboxylic acids is 2. The van der Waals surface area contributed by atoms with Crippen LogP contribution in [-0.2, 0) is 16.0 Å². The molecular formula is C20H28ClN5O2. The summed E-state index contributed by atoms with van der Waals surface area (Å²) in [5.41, 5.74) is 0.936. The highest BCUT2D eigenvalue weighted by Crippen LogP contribution is 2.28. The first-order valence-electron chi connectivity index (χ1n) is 9.82. The SMILES string of the molecule is CN=C(NCCNC(=O)C1CC1)N1CCN(C(=O)Cc2cccc(Cl)c2)CC1. The lowest BCUT2D eigenvalue weighted by Crippen LogP contribution is -2.54. The molecule has 1 aliphatic heterocycles. The van der Waals surface area contributed by atoms with Gasteiger partial charge in [-0.15, -0.1) is 0 Å². The molecule has 0 spiro atoms. The van der Waals surface area contributed by atoms with Crippen molar-refractivity contribution in [2.75, 3.05) is 46.3 Å². The summed E-state index contributed by atoms with van der Waals surface area (Å²) in [5, 5.41) is 6.88. The molecule has 1 aliphatic carbocycles. The summed E-state index contributed by atoms with van der Waals surface area (Å²) in [7, 11) is 1.75. The van der Waals surface area contributed by atoms with Gasteiger partial charge in [0.15, 0.2) is 5.96 Å². The molecule has 1 saturated heterocycles. The van der Waals surface area contributed by atoms with Gasteiger partial charge in [-0.05, 0) is 30.5 Å². The van der Waals surface area contributed by atoms with Crippen molar-refractivity contribution in [1.29, 1.82) is 0 Å². The summed E-state index contributed by atoms with van der Waals surface area (Å²) < 4.78 is 0. The molecule has 152 valence electrons. The van der Waals surface area contributed by atoms with E-state index in [-0.39, 0.29) is 17.7 Å². The molecule has 0 radical (unpaired) electrons. The van der Waals surface area contributed by atoms with Crippen molar-refractivity contribution in [2.24, 2.45) is 10.9 Å². The maximum absolute atomic E-state index is 12.5. The zero-order chi connectivity index (χ0) is 19.9. The molecule has 7 nitrogen and oxygen atoms in total. The summed E-state index contributed by atoms with van der Waals surface area (Å²) in [6, 6.07) is 7.44. The zero-order valence-corrected chi connectivity index (χ0v) is 17.0. The molecule has 2 aliphatic rings. The van der Waals surface area contributed by atoms with E-state index < -0.39 is 0 Å². The number of nitrogens with one attached hydrogen (secondary N) is 2. The van der Waals surface area contributed by atoms with Gasteiger partial charge in [-0.1, -0.05) is 23.7 Å². The van der Waals surface area contributed by atoms with Crippen molar-refractivity contribution < 1.29 is 9.59 Å². The molecule has 0 atom stereocenters. The normalized spacial score (nSPS) is 17.4. The molecule has 28 heavy (non-hydrogen) atoms. The molecule has 0 bridgehead atoms. The monoisotopic (exact) mass is 405 g/mol. The van der Waals surface area contributed by atoms with Crippen LogP contribution in [0.4, 0.5) is 0 Å². The maximum Gasteiger partial charge on any atom is 0.227 e. The Bertz CT molecular complexity index is 727. The van der Waals surface area contributed by atoms with E-state index in [1.165, 1.54) is 0 Å². The van der Waals surface area contributed by atoms with E-state index in [0.29, 0.717) is 37.6 Å². The largest absolute Gasteiger partial charge is 0.354 e. The zero-order valence-electron chi connectivity index (χ0n) is 16.3. The predicted molar refractivity (Wildman–Crippen MR) is 110 cm³/mol. The fourth-order valence-electron chi connectivity index (χ4n) is 3.28. The Balaban J connectivity index is 1.39. The lowest BCUT2D eigenvalue weighted by molar-refractivity contribution is -0.131. The van der Waals surface area contributed by atoms with E-state index in [2.05, 4.69) is 20.5 Å². The molecule has 1 saturated carbocycles. The van der Waals surface area contributed by atoms with Crippen molar-refractivity contribution in [2.45, 2.75) is 19.3 Å². The highest BCUT2D eigenvalue weighted by Gasteiger charge is 2.29. The highest BCUT2D eigenvalue weighted by atomic mass is 35.5. The number of nitrogens with zero attached hydrogens (tertiary/aromatic N) is 3. The van der Waals surface area contributed by atoms with Crippen LogP contribution >= 0.6 is 11.6 Å². The number of amides is 2. The summed E-state index contributed by atoms with van der Waals surface area (Å²) in [6.07, 6.45) is 2.40. The number of aliphatic imine (C=N–C) groups is 1. The van der Waals surface area contributed by atoms with E-state index in [0.717, 1.165) is 37.5 Å². The van der Waals surface area contributed by atoms with Gasteiger partial charge >= 0.3 is 0 Å². The van der Waals surface area contributed by atoms with Gasteiger partial charge in [0.2, 0.25) is 11.8 Å². The molecule has 2 amide bonds. The summed E-state index contributed by atoms with van der Waals surface area (Å²) >= 11 is 6.00. The Kier molecular flexibility index (Phi) is 7.14. The Morgan fingerprint density at radius 1 is 1.11 bits per heavy atom. The van der Waals surface area contributed by atoms with Crippen molar-refractivity contribution in [3.05, 3.63) is 34.9 Å². The van der Waals surface area contributed by atoms with Gasteiger partial charge in [-0.2, -0.15) is 0 Å². The number of hydrogen-bond donors (Lipinski definition) is 2. The van der Waals surface area contributed by atoms with Gasteiger partial charge in [-0.25, -0.2) is 0 Å². The first kappa shape index (κ1) is 20.5. The molecule has 1 aromatic carbocycles. The van der Waals surface area contributed by atoms with Crippen LogP contribution in [0.15, 0.2) is 29.3 Å². The Hall–Kier alpha value is -2.28. The molecule has 0 aromatic heterocycles. The molecule has 2 N–H and O–H groups in total. The number of halogens is 1. The van der Waals surface area contributed by atoms with Gasteiger partial charge in [0.05, 0.1) is 6.42 Å². The number of guanidine groups is 1. The molecule has 8 heteroatoms. The predicted octanol–water partition coefficient (Wildman–Crippen LogP) is 1.13. The van der Waals surface area contributed by atoms with E-state index in [1.54, 1.807) is 7.05 Å². The molecule has 2 fully saturated rings. The summed E-state index contributed by atoms with van der Waals surface area (Å²) in [5.74, 6) is 1.32. The third-order valence-electron chi connectivity index (χ3n) is 5.04. The minimum atomic E-state index is 0.118. The summed E-state index contributed by atoms with van der Waals surface area (Å²) in [6.45, 7) is 4.02. The van der Waals surface area contributed by atoms with E-state index in [9.17, 15) is 9.59 Å². The second-order valence-corrected chi connectivity index (χ2v) is 7.65. The third kappa shape index (κ3) is 5.86. The smallest absolute Gasteiger partial charge is 0.227 e. The first-order chi connectivity index (χ1) is 13.6. The second kappa shape index (κ2) is 9.78. The third-order valence-corrected chi connectivity index (χ3v) is 5.28. The number of rotatable bonds is 6. The quantitative estimate of drug-likeness (QED) is 0.422. The maximum atomic E-state index is 12.5. The first-order valence-corrected chi connectivity index (χ1v) is 10.2. The van der Waals surface area contributed by atoms with E-state index >= 15 is 0 Å². The number of hydrogen-bond acceptors (Lipinski definition) is 3. The van der Waals surface area contributed by atoms with Crippen molar-refractivity contribution in [1.82, 2.24) is 20.4 Å². The second-order valence-electron chi connectivity index (χ2n) is 7.21. The van der Waals surface area contributed by atoms with Crippen molar-refractivity contribution in [3.8, 4) is 0 Å². The van der Waals surface area contributed by atoms with Crippen molar-refractivity contribution >= 4 is 29.4 Å². The van der Waals surface area contributed by atoms with Crippen molar-refractivity contribution in [3.63, 3.8) is 0 Å². The fourth-order valence-corrected chi connectivity index (χ4v) is 3.50. The minimum absolute atomic E-state index is 0.118. The molecule has 0 unspecified atom stereocenters. The van der Waals surface area contributed by atoms with Crippen LogP contribution in [0.5, 0.6) is 0 Å². The van der Waals surface area contributed by atoms with Crippen LogP contribution in [0.3, 0.4) is 0 Å². The molecule has 1 heterocycles. The standard InChI is InChI=1S/C20H28ClN5O2/c1-22-20(24-8-7-23-19(28)16-5-6-16)26-11-9-25(10-12-26)18(27)14-15-3-2-4-17(21)13-15/h2-4,13,16H,5-12,14H2,1H3,(H,22,24)(H,23,28). The average Bonchev–Trinajstić information content (AvgIpc) is 3.53. The Labute approximate surface area is 171 Å². The molecule has 1 aromatic rings. The van der Waals surface area contributed by atoms with Gasteiger partial charge in [0.25, 0.3) is 0 Å². The lowest BCUT2D eigenvalue weighted by atomic mass is 10.1. The van der Waals surface area contributed by atoms with Crippen LogP contribution in [0, 0.1) is 5.92 Å².